The largest absolute Gasteiger partial charge is 0.0819 e. The highest BCUT2D eigenvalue weighted by Crippen LogP contribution is 2.47. The summed E-state index contributed by atoms with van der Waals surface area (Å²) in [4.78, 5) is 0. The van der Waals surface area contributed by atoms with Gasteiger partial charge in [0.15, 0.2) is 0 Å². The molecule has 0 spiro atoms. The average Bonchev–Trinajstić information content (AvgIpc) is 2.17. The van der Waals surface area contributed by atoms with Gasteiger partial charge in [-0.2, -0.15) is 0 Å². The van der Waals surface area contributed by atoms with Crippen LogP contribution < -0.4 is 0 Å². The van der Waals surface area contributed by atoms with Crippen molar-refractivity contribution in [2.75, 3.05) is 0 Å². The molecule has 0 nitrogen and oxygen atoms in total. The predicted octanol–water partition coefficient (Wildman–Crippen LogP) is 4.66. The van der Waals surface area contributed by atoms with Gasteiger partial charge in [0.1, 0.15) is 0 Å². The molecule has 4 atom stereocenters. The van der Waals surface area contributed by atoms with Gasteiger partial charge in [0.05, 0.1) is 0 Å². The molecule has 0 bridgehead atoms. The molecule has 0 aromatic rings. The van der Waals surface area contributed by atoms with Gasteiger partial charge < -0.3 is 0 Å². The lowest BCUT2D eigenvalue weighted by molar-refractivity contribution is 0.0882. The number of rotatable bonds is 1. The van der Waals surface area contributed by atoms with Crippen molar-refractivity contribution in [1.82, 2.24) is 0 Å². The SMILES string of the molecule is CC1=C[C@@H]2[C@@H](CC1)[C@@H](C)CC[C@H]2C(C)C. The van der Waals surface area contributed by atoms with Crippen LogP contribution in [0.5, 0.6) is 0 Å². The number of hydrogen-bond acceptors (Lipinski definition) is 0. The van der Waals surface area contributed by atoms with Gasteiger partial charge >= 0.3 is 0 Å². The summed E-state index contributed by atoms with van der Waals surface area (Å²) in [6.45, 7) is 9.63. The van der Waals surface area contributed by atoms with E-state index in [9.17, 15) is 0 Å². The molecule has 15 heavy (non-hydrogen) atoms. The van der Waals surface area contributed by atoms with Crippen molar-refractivity contribution in [2.45, 2.75) is 53.4 Å². The normalized spacial score (nSPS) is 41.3. The maximum Gasteiger partial charge on any atom is -0.0169 e. The molecule has 2 aliphatic rings. The van der Waals surface area contributed by atoms with Crippen molar-refractivity contribution in [2.24, 2.45) is 29.6 Å². The van der Waals surface area contributed by atoms with E-state index in [0.29, 0.717) is 0 Å². The molecule has 1 saturated carbocycles. The van der Waals surface area contributed by atoms with Gasteiger partial charge in [-0.15, -0.1) is 0 Å². The zero-order chi connectivity index (χ0) is 11.0. The van der Waals surface area contributed by atoms with Crippen LogP contribution in [-0.4, -0.2) is 0 Å². The Bertz CT molecular complexity index is 249. The third kappa shape index (κ3) is 2.14. The van der Waals surface area contributed by atoms with E-state index in [1.165, 1.54) is 25.7 Å². The van der Waals surface area contributed by atoms with Crippen molar-refractivity contribution >= 4 is 0 Å². The number of allylic oxidation sites excluding steroid dienone is 2. The van der Waals surface area contributed by atoms with Gasteiger partial charge in [0, 0.05) is 0 Å². The second-order valence-electron chi connectivity index (χ2n) is 6.26. The lowest BCUT2D eigenvalue weighted by atomic mass is 9.60. The highest BCUT2D eigenvalue weighted by molar-refractivity contribution is 5.10. The van der Waals surface area contributed by atoms with Crippen LogP contribution in [-0.2, 0) is 0 Å². The van der Waals surface area contributed by atoms with Gasteiger partial charge in [-0.1, -0.05) is 38.8 Å². The van der Waals surface area contributed by atoms with Crippen LogP contribution in [0.1, 0.15) is 53.4 Å². The zero-order valence-electron chi connectivity index (χ0n) is 10.8. The summed E-state index contributed by atoms with van der Waals surface area (Å²) in [7, 11) is 0. The fourth-order valence-corrected chi connectivity index (χ4v) is 3.87. The summed E-state index contributed by atoms with van der Waals surface area (Å²) < 4.78 is 0. The molecule has 1 fully saturated rings. The van der Waals surface area contributed by atoms with Crippen LogP contribution in [0.15, 0.2) is 11.6 Å². The minimum atomic E-state index is 0.868. The summed E-state index contributed by atoms with van der Waals surface area (Å²) in [6.07, 6.45) is 8.36. The topological polar surface area (TPSA) is 0 Å². The fourth-order valence-electron chi connectivity index (χ4n) is 3.87. The molecule has 0 N–H and O–H groups in total. The van der Waals surface area contributed by atoms with E-state index in [1.54, 1.807) is 5.57 Å². The van der Waals surface area contributed by atoms with Crippen LogP contribution in [0.2, 0.25) is 0 Å². The molecule has 0 radical (unpaired) electrons. The maximum atomic E-state index is 2.62. The second-order valence-corrected chi connectivity index (χ2v) is 6.26. The Labute approximate surface area is 95.1 Å². The Morgan fingerprint density at radius 2 is 1.93 bits per heavy atom. The van der Waals surface area contributed by atoms with Crippen molar-refractivity contribution in [3.05, 3.63) is 11.6 Å². The third-order valence-electron chi connectivity index (χ3n) is 4.88. The summed E-state index contributed by atoms with van der Waals surface area (Å²) in [5.74, 6) is 4.69. The molecule has 0 aromatic heterocycles. The van der Waals surface area contributed by atoms with Crippen LogP contribution in [0.4, 0.5) is 0 Å². The van der Waals surface area contributed by atoms with Crippen LogP contribution in [0.25, 0.3) is 0 Å². The quantitative estimate of drug-likeness (QED) is 0.547. The van der Waals surface area contributed by atoms with E-state index >= 15 is 0 Å². The Kier molecular flexibility index (Phi) is 3.23. The van der Waals surface area contributed by atoms with Gasteiger partial charge in [-0.3, -0.25) is 0 Å². The molecular formula is C15H26. The highest BCUT2D eigenvalue weighted by atomic mass is 14.4. The van der Waals surface area contributed by atoms with Crippen LogP contribution in [0.3, 0.4) is 0 Å². The first kappa shape index (κ1) is 11.2. The molecular weight excluding hydrogens is 180 g/mol. The van der Waals surface area contributed by atoms with Crippen molar-refractivity contribution < 1.29 is 0 Å². The highest BCUT2D eigenvalue weighted by Gasteiger charge is 2.38. The molecule has 86 valence electrons. The first-order valence-corrected chi connectivity index (χ1v) is 6.77. The summed E-state index contributed by atoms with van der Waals surface area (Å²) in [6, 6.07) is 0. The fraction of sp³-hybridized carbons (Fsp3) is 0.867. The van der Waals surface area contributed by atoms with Crippen molar-refractivity contribution in [1.29, 1.82) is 0 Å². The molecule has 0 unspecified atom stereocenters. The van der Waals surface area contributed by atoms with Crippen LogP contribution in [0, 0.1) is 29.6 Å². The molecule has 0 heterocycles. The van der Waals surface area contributed by atoms with E-state index in [1.807, 2.05) is 0 Å². The number of hydrogen-bond donors (Lipinski definition) is 0. The lowest BCUT2D eigenvalue weighted by Crippen LogP contribution is -2.36. The summed E-state index contributed by atoms with van der Waals surface area (Å²) in [5.41, 5.74) is 1.65. The second kappa shape index (κ2) is 4.31. The molecule has 0 amide bonds. The smallest absolute Gasteiger partial charge is 0.0169 e. The summed E-state index contributed by atoms with van der Waals surface area (Å²) >= 11 is 0. The average molecular weight is 206 g/mol. The van der Waals surface area contributed by atoms with Crippen molar-refractivity contribution in [3.63, 3.8) is 0 Å². The minimum Gasteiger partial charge on any atom is -0.0819 e. The molecule has 2 aliphatic carbocycles. The van der Waals surface area contributed by atoms with Crippen molar-refractivity contribution in [3.8, 4) is 0 Å². The number of fused-ring (bicyclic) bond motifs is 1. The molecule has 0 saturated heterocycles. The predicted molar refractivity (Wildman–Crippen MR) is 66.7 cm³/mol. The Morgan fingerprint density at radius 1 is 1.20 bits per heavy atom. The monoisotopic (exact) mass is 206 g/mol. The van der Waals surface area contributed by atoms with E-state index in [-0.39, 0.29) is 0 Å². The summed E-state index contributed by atoms with van der Waals surface area (Å²) in [5, 5.41) is 0. The minimum absolute atomic E-state index is 0.868. The zero-order valence-corrected chi connectivity index (χ0v) is 10.8. The third-order valence-corrected chi connectivity index (χ3v) is 4.88. The van der Waals surface area contributed by atoms with E-state index < -0.39 is 0 Å². The molecule has 0 aromatic carbocycles. The lowest BCUT2D eigenvalue weighted by Gasteiger charge is -2.45. The van der Waals surface area contributed by atoms with Crippen LogP contribution >= 0.6 is 0 Å². The Balaban J connectivity index is 2.20. The molecule has 0 aliphatic heterocycles. The first-order chi connectivity index (χ1) is 7.09. The van der Waals surface area contributed by atoms with Gasteiger partial charge in [-0.25, -0.2) is 0 Å². The van der Waals surface area contributed by atoms with Gasteiger partial charge in [-0.05, 0) is 55.8 Å². The van der Waals surface area contributed by atoms with E-state index in [4.69, 9.17) is 0 Å². The first-order valence-electron chi connectivity index (χ1n) is 6.77. The van der Waals surface area contributed by atoms with Gasteiger partial charge in [0.2, 0.25) is 0 Å². The molecule has 2 rings (SSSR count). The van der Waals surface area contributed by atoms with E-state index in [2.05, 4.69) is 33.8 Å². The Hall–Kier alpha value is -0.260. The van der Waals surface area contributed by atoms with E-state index in [0.717, 1.165) is 29.6 Å². The maximum absolute atomic E-state index is 2.62. The Morgan fingerprint density at radius 3 is 2.60 bits per heavy atom. The van der Waals surface area contributed by atoms with Gasteiger partial charge in [0.25, 0.3) is 0 Å². The molecule has 0 heteroatoms. The standard InChI is InChI=1S/C15H26/c1-10(2)13-8-6-12(4)14-7-5-11(3)9-15(13)14/h9-10,12-15H,5-8H2,1-4H3/t12-,13-,14-,15-/m0/s1.